The molecule has 0 aromatic carbocycles. The number of pyridine rings is 3. The molecule has 4 heterocycles. The monoisotopic (exact) mass is 617 g/mol. The maximum absolute atomic E-state index is 12.6. The number of carbonyl (C=O) groups excluding carboxylic acids is 3. The van der Waals surface area contributed by atoms with Crippen molar-refractivity contribution in [3.8, 4) is 0 Å². The summed E-state index contributed by atoms with van der Waals surface area (Å²) in [5.41, 5.74) is 9.88. The van der Waals surface area contributed by atoms with Crippen molar-refractivity contribution in [2.45, 2.75) is 40.5 Å². The first-order chi connectivity index (χ1) is 21.5. The van der Waals surface area contributed by atoms with Gasteiger partial charge in [-0.25, -0.2) is 9.88 Å². The van der Waals surface area contributed by atoms with Gasteiger partial charge < -0.3 is 30.9 Å². The second-order valence-electron chi connectivity index (χ2n) is 11.6. The number of rotatable bonds is 11. The van der Waals surface area contributed by atoms with Crippen molar-refractivity contribution < 1.29 is 29.2 Å². The Balaban J connectivity index is 1.57. The summed E-state index contributed by atoms with van der Waals surface area (Å²) in [6.45, 7) is 11.9. The summed E-state index contributed by atoms with van der Waals surface area (Å²) in [5.74, 6) is -2.80. The van der Waals surface area contributed by atoms with Crippen LogP contribution in [0.15, 0.2) is 42.7 Å². The second-order valence-corrected chi connectivity index (χ2v) is 11.6. The van der Waals surface area contributed by atoms with Crippen LogP contribution in [0.2, 0.25) is 0 Å². The van der Waals surface area contributed by atoms with E-state index >= 15 is 0 Å². The van der Waals surface area contributed by atoms with E-state index in [0.29, 0.717) is 83.5 Å². The Hall–Kier alpha value is -4.30. The van der Waals surface area contributed by atoms with Gasteiger partial charge >= 0.3 is 0 Å². The molecule has 3 N–H and O–H groups in total. The van der Waals surface area contributed by atoms with Gasteiger partial charge in [-0.3, -0.25) is 19.6 Å². The molecule has 0 aliphatic carbocycles. The third kappa shape index (κ3) is 10.1. The van der Waals surface area contributed by atoms with Gasteiger partial charge in [0, 0.05) is 71.0 Å². The van der Waals surface area contributed by atoms with Gasteiger partial charge in [-0.1, -0.05) is 0 Å². The summed E-state index contributed by atoms with van der Waals surface area (Å²) in [6.07, 6.45) is 3.48. The average molecular weight is 618 g/mol. The van der Waals surface area contributed by atoms with Crippen LogP contribution in [0, 0.1) is 20.8 Å². The van der Waals surface area contributed by atoms with Gasteiger partial charge in [0.25, 0.3) is 5.91 Å². The first-order valence-electron chi connectivity index (χ1n) is 15.0. The highest BCUT2D eigenvalue weighted by molar-refractivity contribution is 5.92. The average Bonchev–Trinajstić information content (AvgIpc) is 3.06. The Morgan fingerprint density at radius 1 is 0.756 bits per heavy atom. The molecule has 13 nitrogen and oxygen atoms in total. The summed E-state index contributed by atoms with van der Waals surface area (Å²) in [6, 6.07) is 8.70. The molecule has 0 spiro atoms. The Kier molecular flexibility index (Phi) is 11.7. The summed E-state index contributed by atoms with van der Waals surface area (Å²) in [4.78, 5) is 51.4. The zero-order valence-corrected chi connectivity index (χ0v) is 26.1. The summed E-state index contributed by atoms with van der Waals surface area (Å²) < 4.78 is 1.86. The van der Waals surface area contributed by atoms with Crippen molar-refractivity contribution in [2.24, 2.45) is 5.73 Å². The van der Waals surface area contributed by atoms with Crippen LogP contribution < -0.4 is 25.8 Å². The highest BCUT2D eigenvalue weighted by atomic mass is 16.4. The number of carboxylic acids is 2. The molecule has 240 valence electrons. The van der Waals surface area contributed by atoms with Crippen molar-refractivity contribution in [2.75, 3.05) is 52.4 Å². The zero-order chi connectivity index (χ0) is 32.5. The quantitative estimate of drug-likeness (QED) is 0.237. The number of carboxylic acid groups (broad SMARTS) is 2. The van der Waals surface area contributed by atoms with Gasteiger partial charge in [0.1, 0.15) is 5.69 Å². The van der Waals surface area contributed by atoms with E-state index in [9.17, 15) is 24.6 Å². The van der Waals surface area contributed by atoms with E-state index in [2.05, 4.69) is 30.0 Å². The largest absolute Gasteiger partial charge is 0.545 e. The summed E-state index contributed by atoms with van der Waals surface area (Å²) in [7, 11) is 0. The van der Waals surface area contributed by atoms with Crippen LogP contribution in [0.25, 0.3) is 0 Å². The molecular formula is C32H41N8O5-. The number of hydrogen-bond acceptors (Lipinski definition) is 11. The van der Waals surface area contributed by atoms with Crippen LogP contribution in [0.3, 0.4) is 0 Å². The highest BCUT2D eigenvalue weighted by Gasteiger charge is 2.21. The molecule has 0 bridgehead atoms. The Bertz CT molecular complexity index is 1450. The lowest BCUT2D eigenvalue weighted by Gasteiger charge is -2.26. The van der Waals surface area contributed by atoms with Crippen LogP contribution in [0.5, 0.6) is 0 Å². The van der Waals surface area contributed by atoms with Gasteiger partial charge in [-0.15, -0.1) is 0 Å². The zero-order valence-electron chi connectivity index (χ0n) is 26.1. The molecule has 1 fully saturated rings. The number of nitrogens with zero attached hydrogens (tertiary/aromatic N) is 6. The van der Waals surface area contributed by atoms with E-state index in [1.165, 1.54) is 6.07 Å². The predicted molar refractivity (Wildman–Crippen MR) is 161 cm³/mol. The van der Waals surface area contributed by atoms with Crippen LogP contribution in [-0.4, -0.2) is 94.9 Å². The van der Waals surface area contributed by atoms with E-state index < -0.39 is 11.9 Å². The lowest BCUT2D eigenvalue weighted by molar-refractivity contribution is -0.716. The van der Waals surface area contributed by atoms with Crippen molar-refractivity contribution in [1.29, 1.82) is 0 Å². The maximum Gasteiger partial charge on any atom is 0.269 e. The Morgan fingerprint density at radius 2 is 1.29 bits per heavy atom. The number of nitrogens with two attached hydrogens (primary N) is 1. The van der Waals surface area contributed by atoms with Crippen LogP contribution in [0.1, 0.15) is 59.4 Å². The first kappa shape index (κ1) is 33.6. The number of nitrogens with one attached hydrogen (secondary N) is 1. The summed E-state index contributed by atoms with van der Waals surface area (Å²) in [5, 5.41) is 25.9. The number of aryl methyl sites for hydroxylation is 3. The SMILES string of the molecule is Cc1cc(CN2CCN(Cc3cc(C)cc(C(=O)NCCN)n3)CCN(C[n+]3cc(C)cc(C(=O)[O-])c3)CC2)nc(C(=O)[O-])c1. The standard InChI is InChI=1S/C32H42N8O5/c1-22-13-26(35-28(15-22)30(41)34-5-4-33)19-37-6-7-38(20-27-14-23(2)16-29(36-27)32(44)45)9-11-39(10-8-37)21-40-17-24(3)12-25(18-40)31(42)43/h12-18H,4-11,19-21,33H2,1-3H3,(H2-,34,41,42,43,44,45)/p-1. The van der Waals surface area contributed by atoms with Crippen LogP contribution >= 0.6 is 0 Å². The Labute approximate surface area is 263 Å². The maximum atomic E-state index is 12.6. The fraction of sp³-hybridized carbons (Fsp3) is 0.438. The highest BCUT2D eigenvalue weighted by Crippen LogP contribution is 2.13. The number of aromatic carboxylic acids is 2. The van der Waals surface area contributed by atoms with Crippen molar-refractivity contribution in [3.05, 3.63) is 87.8 Å². The molecule has 0 radical (unpaired) electrons. The van der Waals surface area contributed by atoms with Crippen molar-refractivity contribution >= 4 is 17.8 Å². The summed E-state index contributed by atoms with van der Waals surface area (Å²) >= 11 is 0. The van der Waals surface area contributed by atoms with E-state index in [1.54, 1.807) is 18.3 Å². The van der Waals surface area contributed by atoms with Crippen molar-refractivity contribution in [3.63, 3.8) is 0 Å². The third-order valence-electron chi connectivity index (χ3n) is 7.54. The minimum absolute atomic E-state index is 0.0890. The molecule has 4 rings (SSSR count). The molecule has 1 amide bonds. The minimum atomic E-state index is -1.31. The van der Waals surface area contributed by atoms with Gasteiger partial charge in [-0.05, 0) is 62.2 Å². The molecule has 3 aromatic rings. The fourth-order valence-corrected chi connectivity index (χ4v) is 5.46. The Morgan fingerprint density at radius 3 is 1.82 bits per heavy atom. The molecule has 3 aromatic heterocycles. The molecule has 45 heavy (non-hydrogen) atoms. The molecular weight excluding hydrogens is 576 g/mol. The molecule has 0 saturated carbocycles. The number of hydrogen-bond donors (Lipinski definition) is 2. The van der Waals surface area contributed by atoms with Crippen LogP contribution in [-0.2, 0) is 19.8 Å². The lowest BCUT2D eigenvalue weighted by Crippen LogP contribution is -2.48. The van der Waals surface area contributed by atoms with Gasteiger partial charge in [-0.2, -0.15) is 4.57 Å². The third-order valence-corrected chi connectivity index (χ3v) is 7.54. The second kappa shape index (κ2) is 15.6. The van der Waals surface area contributed by atoms with Gasteiger partial charge in [0.05, 0.1) is 34.6 Å². The number of aromatic nitrogens is 3. The van der Waals surface area contributed by atoms with Crippen LogP contribution in [0.4, 0.5) is 0 Å². The van der Waals surface area contributed by atoms with Crippen molar-refractivity contribution in [1.82, 2.24) is 30.0 Å². The molecule has 1 aliphatic rings. The number of amides is 1. The fourth-order valence-electron chi connectivity index (χ4n) is 5.46. The predicted octanol–water partition coefficient (Wildman–Crippen LogP) is -1.62. The van der Waals surface area contributed by atoms with E-state index in [4.69, 9.17) is 5.73 Å². The normalized spacial score (nSPS) is 15.2. The molecule has 13 heteroatoms. The first-order valence-corrected chi connectivity index (χ1v) is 15.0. The lowest BCUT2D eigenvalue weighted by atomic mass is 10.2. The van der Waals surface area contributed by atoms with Gasteiger partial charge in [0.2, 0.25) is 6.67 Å². The van der Waals surface area contributed by atoms with E-state index in [1.807, 2.05) is 43.7 Å². The molecule has 0 unspecified atom stereocenters. The molecule has 0 atom stereocenters. The van der Waals surface area contributed by atoms with E-state index in [0.717, 1.165) is 22.4 Å². The molecule has 1 saturated heterocycles. The topological polar surface area (TPSA) is 175 Å². The molecule has 1 aliphatic heterocycles. The smallest absolute Gasteiger partial charge is 0.269 e. The van der Waals surface area contributed by atoms with E-state index in [-0.39, 0.29) is 17.2 Å². The minimum Gasteiger partial charge on any atom is -0.545 e. The van der Waals surface area contributed by atoms with Gasteiger partial charge in [0.15, 0.2) is 12.4 Å². The number of carbonyl (C=O) groups is 3.